The van der Waals surface area contributed by atoms with Crippen LogP contribution in [0.25, 0.3) is 0 Å². The fraction of sp³-hybridized carbons (Fsp3) is 0.235. The molecule has 0 saturated carbocycles. The van der Waals surface area contributed by atoms with Gasteiger partial charge in [0.2, 0.25) is 0 Å². The summed E-state index contributed by atoms with van der Waals surface area (Å²) in [5.74, 6) is -0.0233. The Balaban J connectivity index is 1.72. The standard InChI is InChI=1S/C17H19BrN2O/c1-20(16-6-3-2-4-7-16)13-5-12-19-17(21)14-8-10-15(18)11-9-14/h2-4,6-11H,5,12-13H2,1H3,(H,19,21). The first-order valence-electron chi connectivity index (χ1n) is 6.97. The number of anilines is 1. The molecule has 21 heavy (non-hydrogen) atoms. The fourth-order valence-electron chi connectivity index (χ4n) is 2.03. The zero-order valence-corrected chi connectivity index (χ0v) is 13.6. The molecular weight excluding hydrogens is 328 g/mol. The average Bonchev–Trinajstić information content (AvgIpc) is 2.52. The lowest BCUT2D eigenvalue weighted by Gasteiger charge is -2.19. The summed E-state index contributed by atoms with van der Waals surface area (Å²) < 4.78 is 0.975. The predicted octanol–water partition coefficient (Wildman–Crippen LogP) is 3.71. The van der Waals surface area contributed by atoms with Gasteiger partial charge in [0.15, 0.2) is 0 Å². The van der Waals surface area contributed by atoms with E-state index < -0.39 is 0 Å². The Labute approximate surface area is 134 Å². The van der Waals surface area contributed by atoms with Gasteiger partial charge in [-0.1, -0.05) is 34.1 Å². The molecule has 0 aliphatic heterocycles. The Bertz CT molecular complexity index is 569. The number of halogens is 1. The van der Waals surface area contributed by atoms with Gasteiger partial charge in [-0.15, -0.1) is 0 Å². The Morgan fingerprint density at radius 2 is 1.76 bits per heavy atom. The van der Waals surface area contributed by atoms with Crippen LogP contribution < -0.4 is 10.2 Å². The lowest BCUT2D eigenvalue weighted by Crippen LogP contribution is -2.28. The lowest BCUT2D eigenvalue weighted by atomic mass is 10.2. The molecular formula is C17H19BrN2O. The molecule has 0 spiro atoms. The van der Waals surface area contributed by atoms with E-state index in [1.165, 1.54) is 5.69 Å². The van der Waals surface area contributed by atoms with Crippen LogP contribution in [0.5, 0.6) is 0 Å². The number of benzene rings is 2. The quantitative estimate of drug-likeness (QED) is 0.808. The second-order valence-electron chi connectivity index (χ2n) is 4.87. The number of para-hydroxylation sites is 1. The highest BCUT2D eigenvalue weighted by Gasteiger charge is 2.04. The monoisotopic (exact) mass is 346 g/mol. The third-order valence-electron chi connectivity index (χ3n) is 3.26. The molecule has 2 rings (SSSR count). The number of carbonyl (C=O) groups is 1. The lowest BCUT2D eigenvalue weighted by molar-refractivity contribution is 0.0953. The Morgan fingerprint density at radius 3 is 2.43 bits per heavy atom. The molecule has 0 atom stereocenters. The van der Waals surface area contributed by atoms with Crippen molar-refractivity contribution in [3.63, 3.8) is 0 Å². The van der Waals surface area contributed by atoms with Gasteiger partial charge < -0.3 is 10.2 Å². The SMILES string of the molecule is CN(CCCNC(=O)c1ccc(Br)cc1)c1ccccc1. The van der Waals surface area contributed by atoms with Crippen LogP contribution in [0.15, 0.2) is 59.1 Å². The molecule has 2 aromatic carbocycles. The van der Waals surface area contributed by atoms with Crippen LogP contribution in [0.4, 0.5) is 5.69 Å². The summed E-state index contributed by atoms with van der Waals surface area (Å²) in [6.45, 7) is 1.58. The molecule has 0 aliphatic rings. The second kappa shape index (κ2) is 7.84. The number of hydrogen-bond donors (Lipinski definition) is 1. The van der Waals surface area contributed by atoms with Gasteiger partial charge in [-0.2, -0.15) is 0 Å². The minimum atomic E-state index is -0.0233. The van der Waals surface area contributed by atoms with Crippen LogP contribution in [0, 0.1) is 0 Å². The van der Waals surface area contributed by atoms with Gasteiger partial charge in [-0.25, -0.2) is 0 Å². The zero-order valence-electron chi connectivity index (χ0n) is 12.1. The number of amides is 1. The number of carbonyl (C=O) groups excluding carboxylic acids is 1. The van der Waals surface area contributed by atoms with Crippen molar-refractivity contribution in [2.45, 2.75) is 6.42 Å². The molecule has 0 fully saturated rings. The van der Waals surface area contributed by atoms with Crippen molar-refractivity contribution < 1.29 is 4.79 Å². The van der Waals surface area contributed by atoms with Crippen LogP contribution in [-0.2, 0) is 0 Å². The summed E-state index contributed by atoms with van der Waals surface area (Å²) in [6, 6.07) is 17.6. The molecule has 0 heterocycles. The predicted molar refractivity (Wildman–Crippen MR) is 90.8 cm³/mol. The summed E-state index contributed by atoms with van der Waals surface area (Å²) in [7, 11) is 2.06. The van der Waals surface area contributed by atoms with Crippen molar-refractivity contribution in [2.75, 3.05) is 25.0 Å². The number of nitrogens with one attached hydrogen (secondary N) is 1. The third kappa shape index (κ3) is 4.90. The van der Waals surface area contributed by atoms with E-state index in [1.807, 2.05) is 42.5 Å². The Kier molecular flexibility index (Phi) is 5.81. The Morgan fingerprint density at radius 1 is 1.10 bits per heavy atom. The van der Waals surface area contributed by atoms with Crippen molar-refractivity contribution in [1.82, 2.24) is 5.32 Å². The summed E-state index contributed by atoms with van der Waals surface area (Å²) >= 11 is 3.36. The maximum Gasteiger partial charge on any atom is 0.251 e. The number of hydrogen-bond acceptors (Lipinski definition) is 2. The number of nitrogens with zero attached hydrogens (tertiary/aromatic N) is 1. The molecule has 0 radical (unpaired) electrons. The van der Waals surface area contributed by atoms with Crippen molar-refractivity contribution in [3.8, 4) is 0 Å². The van der Waals surface area contributed by atoms with Crippen LogP contribution >= 0.6 is 15.9 Å². The average molecular weight is 347 g/mol. The molecule has 1 N–H and O–H groups in total. The summed E-state index contributed by atoms with van der Waals surface area (Å²) in [6.07, 6.45) is 0.910. The van der Waals surface area contributed by atoms with Crippen LogP contribution in [0.2, 0.25) is 0 Å². The largest absolute Gasteiger partial charge is 0.375 e. The van der Waals surface area contributed by atoms with Gasteiger partial charge in [0.25, 0.3) is 5.91 Å². The Hall–Kier alpha value is -1.81. The van der Waals surface area contributed by atoms with Gasteiger partial charge in [-0.3, -0.25) is 4.79 Å². The smallest absolute Gasteiger partial charge is 0.251 e. The highest BCUT2D eigenvalue weighted by molar-refractivity contribution is 9.10. The first kappa shape index (κ1) is 15.6. The van der Waals surface area contributed by atoms with E-state index >= 15 is 0 Å². The maximum atomic E-state index is 11.9. The fourth-order valence-corrected chi connectivity index (χ4v) is 2.30. The molecule has 4 heteroatoms. The van der Waals surface area contributed by atoms with E-state index in [4.69, 9.17) is 0 Å². The highest BCUT2D eigenvalue weighted by atomic mass is 79.9. The maximum absolute atomic E-state index is 11.9. The third-order valence-corrected chi connectivity index (χ3v) is 3.79. The van der Waals surface area contributed by atoms with E-state index in [0.29, 0.717) is 12.1 Å². The minimum Gasteiger partial charge on any atom is -0.375 e. The highest BCUT2D eigenvalue weighted by Crippen LogP contribution is 2.11. The number of rotatable bonds is 6. The van der Waals surface area contributed by atoms with E-state index in [1.54, 1.807) is 0 Å². The molecule has 3 nitrogen and oxygen atoms in total. The van der Waals surface area contributed by atoms with Crippen LogP contribution in [0.1, 0.15) is 16.8 Å². The summed E-state index contributed by atoms with van der Waals surface area (Å²) in [5, 5.41) is 2.94. The second-order valence-corrected chi connectivity index (χ2v) is 5.79. The van der Waals surface area contributed by atoms with Crippen LogP contribution in [0.3, 0.4) is 0 Å². The molecule has 0 aromatic heterocycles. The molecule has 0 unspecified atom stereocenters. The molecule has 1 amide bonds. The summed E-state index contributed by atoms with van der Waals surface area (Å²) in [5.41, 5.74) is 1.88. The van der Waals surface area contributed by atoms with Crippen molar-refractivity contribution in [1.29, 1.82) is 0 Å². The van der Waals surface area contributed by atoms with E-state index in [-0.39, 0.29) is 5.91 Å². The molecule has 0 aliphatic carbocycles. The molecule has 2 aromatic rings. The van der Waals surface area contributed by atoms with E-state index in [0.717, 1.165) is 17.4 Å². The first-order chi connectivity index (χ1) is 10.2. The molecule has 0 bridgehead atoms. The topological polar surface area (TPSA) is 32.3 Å². The molecule has 0 saturated heterocycles. The molecule has 110 valence electrons. The van der Waals surface area contributed by atoms with Crippen molar-refractivity contribution in [3.05, 3.63) is 64.6 Å². The van der Waals surface area contributed by atoms with Crippen LogP contribution in [-0.4, -0.2) is 26.0 Å². The van der Waals surface area contributed by atoms with Crippen molar-refractivity contribution in [2.24, 2.45) is 0 Å². The van der Waals surface area contributed by atoms with E-state index in [2.05, 4.69) is 45.3 Å². The van der Waals surface area contributed by atoms with Gasteiger partial charge in [-0.05, 0) is 42.8 Å². The minimum absolute atomic E-state index is 0.0233. The summed E-state index contributed by atoms with van der Waals surface area (Å²) in [4.78, 5) is 14.1. The van der Waals surface area contributed by atoms with E-state index in [9.17, 15) is 4.79 Å². The van der Waals surface area contributed by atoms with Gasteiger partial charge in [0.1, 0.15) is 0 Å². The van der Waals surface area contributed by atoms with Gasteiger partial charge in [0, 0.05) is 35.9 Å². The normalized spacial score (nSPS) is 10.2. The van der Waals surface area contributed by atoms with Crippen molar-refractivity contribution >= 4 is 27.5 Å². The van der Waals surface area contributed by atoms with Gasteiger partial charge >= 0.3 is 0 Å². The van der Waals surface area contributed by atoms with Gasteiger partial charge in [0.05, 0.1) is 0 Å². The first-order valence-corrected chi connectivity index (χ1v) is 7.76. The zero-order chi connectivity index (χ0) is 15.1.